The van der Waals surface area contributed by atoms with Gasteiger partial charge in [-0.2, -0.15) is 0 Å². The maximum absolute atomic E-state index is 11.8. The van der Waals surface area contributed by atoms with Crippen LogP contribution in [0.4, 0.5) is 10.7 Å². The fourth-order valence-corrected chi connectivity index (χ4v) is 4.05. The highest BCUT2D eigenvalue weighted by atomic mass is 32.2. The Kier molecular flexibility index (Phi) is 5.19. The molecule has 3 N–H and O–H groups in total. The Labute approximate surface area is 116 Å². The van der Waals surface area contributed by atoms with Gasteiger partial charge < -0.3 is 15.8 Å². The summed E-state index contributed by atoms with van der Waals surface area (Å²) in [7, 11) is -2.28. The molecular weight excluding hydrogens is 288 g/mol. The Bertz CT molecular complexity index is 563. The van der Waals surface area contributed by atoms with Crippen LogP contribution in [0.2, 0.25) is 0 Å². The number of unbranched alkanes of at least 4 members (excludes halogenated alkanes) is 1. The van der Waals surface area contributed by atoms with Gasteiger partial charge in [0.15, 0.2) is 9.84 Å². The number of anilines is 2. The van der Waals surface area contributed by atoms with Crippen molar-refractivity contribution < 1.29 is 17.9 Å². The predicted octanol–water partition coefficient (Wildman–Crippen LogP) is 1.73. The van der Waals surface area contributed by atoms with Gasteiger partial charge in [0.25, 0.3) is 0 Å². The zero-order valence-corrected chi connectivity index (χ0v) is 12.8. The van der Waals surface area contributed by atoms with E-state index in [1.165, 1.54) is 7.11 Å². The highest BCUT2D eigenvalue weighted by molar-refractivity contribution is 7.91. The minimum Gasteiger partial charge on any atom is -0.465 e. The lowest BCUT2D eigenvalue weighted by molar-refractivity contribution is 0.0607. The predicted molar refractivity (Wildman–Crippen MR) is 76.6 cm³/mol. The molecule has 0 amide bonds. The van der Waals surface area contributed by atoms with Crippen molar-refractivity contribution in [2.24, 2.45) is 0 Å². The molecule has 1 rings (SSSR count). The molecule has 0 fully saturated rings. The summed E-state index contributed by atoms with van der Waals surface area (Å²) in [5.41, 5.74) is 5.72. The van der Waals surface area contributed by atoms with E-state index in [0.717, 1.165) is 30.4 Å². The zero-order chi connectivity index (χ0) is 14.6. The second-order valence-corrected chi connectivity index (χ2v) is 7.02. The van der Waals surface area contributed by atoms with Crippen LogP contribution in [-0.2, 0) is 14.6 Å². The molecule has 108 valence electrons. The van der Waals surface area contributed by atoms with Crippen molar-refractivity contribution in [3.8, 4) is 0 Å². The molecule has 8 heteroatoms. The summed E-state index contributed by atoms with van der Waals surface area (Å²) in [5.74, 6) is -0.629. The number of sulfone groups is 1. The summed E-state index contributed by atoms with van der Waals surface area (Å²) in [6.45, 7) is 2.65. The molecule has 1 aromatic rings. The van der Waals surface area contributed by atoms with E-state index in [1.807, 2.05) is 6.92 Å². The summed E-state index contributed by atoms with van der Waals surface area (Å²) < 4.78 is 28.1. The number of rotatable bonds is 6. The molecule has 0 saturated heterocycles. The third-order valence-electron chi connectivity index (χ3n) is 2.46. The molecule has 0 bridgehead atoms. The second kappa shape index (κ2) is 6.25. The Balaban J connectivity index is 3.24. The van der Waals surface area contributed by atoms with Gasteiger partial charge in [0, 0.05) is 12.8 Å². The summed E-state index contributed by atoms with van der Waals surface area (Å²) in [5, 5.41) is 3.41. The van der Waals surface area contributed by atoms with Crippen LogP contribution in [-0.4, -0.2) is 34.3 Å². The van der Waals surface area contributed by atoms with Crippen LogP contribution in [0.15, 0.2) is 4.90 Å². The smallest absolute Gasteiger partial charge is 0.350 e. The number of ether oxygens (including phenoxy) is 1. The molecule has 6 nitrogen and oxygen atoms in total. The van der Waals surface area contributed by atoms with Crippen LogP contribution in [0.25, 0.3) is 0 Å². The maximum atomic E-state index is 11.8. The van der Waals surface area contributed by atoms with E-state index in [9.17, 15) is 13.2 Å². The molecule has 0 atom stereocenters. The number of hydrogen-bond acceptors (Lipinski definition) is 7. The van der Waals surface area contributed by atoms with Gasteiger partial charge in [-0.25, -0.2) is 13.2 Å². The van der Waals surface area contributed by atoms with Crippen molar-refractivity contribution in [2.75, 3.05) is 31.0 Å². The number of thiophene rings is 1. The fourth-order valence-electron chi connectivity index (χ4n) is 1.54. The molecule has 1 aromatic heterocycles. The van der Waals surface area contributed by atoms with E-state index in [-0.39, 0.29) is 15.5 Å². The Morgan fingerprint density at radius 2 is 2.11 bits per heavy atom. The average molecular weight is 306 g/mol. The van der Waals surface area contributed by atoms with Gasteiger partial charge in [0.05, 0.1) is 12.8 Å². The van der Waals surface area contributed by atoms with Crippen molar-refractivity contribution in [3.63, 3.8) is 0 Å². The Hall–Kier alpha value is -1.28. The standard InChI is InChI=1S/C11H18N2O4S2/c1-4-5-6-13-10-9(19(3,15)16)7(12)8(18-10)11(14)17-2/h13H,4-6,12H2,1-3H3. The van der Waals surface area contributed by atoms with Crippen molar-refractivity contribution in [1.29, 1.82) is 0 Å². The van der Waals surface area contributed by atoms with Gasteiger partial charge in [0.1, 0.15) is 14.8 Å². The molecule has 0 unspecified atom stereocenters. The van der Waals surface area contributed by atoms with E-state index < -0.39 is 15.8 Å². The van der Waals surface area contributed by atoms with E-state index >= 15 is 0 Å². The van der Waals surface area contributed by atoms with Crippen molar-refractivity contribution in [3.05, 3.63) is 4.88 Å². The topological polar surface area (TPSA) is 98.5 Å². The van der Waals surface area contributed by atoms with E-state index in [0.29, 0.717) is 11.5 Å². The van der Waals surface area contributed by atoms with Crippen LogP contribution in [0.1, 0.15) is 29.4 Å². The summed E-state index contributed by atoms with van der Waals surface area (Å²) >= 11 is 1.01. The van der Waals surface area contributed by atoms with Gasteiger partial charge in [0.2, 0.25) is 0 Å². The molecule has 19 heavy (non-hydrogen) atoms. The van der Waals surface area contributed by atoms with Crippen LogP contribution in [0.3, 0.4) is 0 Å². The number of carbonyl (C=O) groups excluding carboxylic acids is 1. The molecular formula is C11H18N2O4S2. The third-order valence-corrected chi connectivity index (χ3v) is 4.90. The highest BCUT2D eigenvalue weighted by Gasteiger charge is 2.27. The van der Waals surface area contributed by atoms with Crippen molar-refractivity contribution in [1.82, 2.24) is 0 Å². The van der Waals surface area contributed by atoms with Crippen LogP contribution < -0.4 is 11.1 Å². The molecule has 0 aromatic carbocycles. The molecule has 0 radical (unpaired) electrons. The first-order valence-corrected chi connectivity index (χ1v) is 8.48. The summed E-state index contributed by atoms with van der Waals surface area (Å²) in [6, 6.07) is 0. The number of hydrogen-bond donors (Lipinski definition) is 2. The normalized spacial score (nSPS) is 11.3. The molecule has 0 aliphatic rings. The second-order valence-electron chi connectivity index (χ2n) is 4.05. The number of nitrogen functional groups attached to an aromatic ring is 1. The molecule has 0 saturated carbocycles. The van der Waals surface area contributed by atoms with E-state index in [1.54, 1.807) is 0 Å². The van der Waals surface area contributed by atoms with Crippen LogP contribution in [0, 0.1) is 0 Å². The molecule has 0 aliphatic heterocycles. The van der Waals surface area contributed by atoms with Crippen molar-refractivity contribution >= 4 is 37.8 Å². The lowest BCUT2D eigenvalue weighted by Gasteiger charge is -2.05. The van der Waals surface area contributed by atoms with Gasteiger partial charge in [-0.3, -0.25) is 0 Å². The first-order valence-electron chi connectivity index (χ1n) is 5.77. The SMILES string of the molecule is CCCCNc1sc(C(=O)OC)c(N)c1S(C)(=O)=O. The molecule has 0 spiro atoms. The van der Waals surface area contributed by atoms with Crippen LogP contribution >= 0.6 is 11.3 Å². The molecule has 1 heterocycles. The van der Waals surface area contributed by atoms with Gasteiger partial charge in [-0.05, 0) is 6.42 Å². The van der Waals surface area contributed by atoms with Gasteiger partial charge >= 0.3 is 5.97 Å². The first-order chi connectivity index (χ1) is 8.82. The summed E-state index contributed by atoms with van der Waals surface area (Å²) in [4.78, 5) is 11.6. The highest BCUT2D eigenvalue weighted by Crippen LogP contribution is 2.39. The zero-order valence-electron chi connectivity index (χ0n) is 11.1. The van der Waals surface area contributed by atoms with E-state index in [4.69, 9.17) is 5.73 Å². The monoisotopic (exact) mass is 306 g/mol. The van der Waals surface area contributed by atoms with Gasteiger partial charge in [-0.15, -0.1) is 11.3 Å². The Morgan fingerprint density at radius 3 is 2.58 bits per heavy atom. The maximum Gasteiger partial charge on any atom is 0.350 e. The first kappa shape index (κ1) is 15.8. The van der Waals surface area contributed by atoms with Gasteiger partial charge in [-0.1, -0.05) is 13.3 Å². The number of esters is 1. The lowest BCUT2D eigenvalue weighted by Crippen LogP contribution is -2.07. The lowest BCUT2D eigenvalue weighted by atomic mass is 10.3. The number of nitrogens with two attached hydrogens (primary N) is 1. The minimum atomic E-state index is -3.51. The van der Waals surface area contributed by atoms with Crippen molar-refractivity contribution in [2.45, 2.75) is 24.7 Å². The van der Waals surface area contributed by atoms with Crippen LogP contribution in [0.5, 0.6) is 0 Å². The number of methoxy groups -OCH3 is 1. The minimum absolute atomic E-state index is 0.0194. The third kappa shape index (κ3) is 3.60. The average Bonchev–Trinajstić information content (AvgIpc) is 2.65. The quantitative estimate of drug-likeness (QED) is 0.613. The number of carbonyl (C=O) groups is 1. The largest absolute Gasteiger partial charge is 0.465 e. The molecule has 0 aliphatic carbocycles. The summed E-state index contributed by atoms with van der Waals surface area (Å²) in [6.07, 6.45) is 2.94. The van der Waals surface area contributed by atoms with E-state index in [2.05, 4.69) is 10.1 Å². The Morgan fingerprint density at radius 1 is 1.47 bits per heavy atom. The number of nitrogens with one attached hydrogen (secondary N) is 1. The fraction of sp³-hybridized carbons (Fsp3) is 0.545.